The van der Waals surface area contributed by atoms with E-state index in [1.807, 2.05) is 0 Å². The highest BCUT2D eigenvalue weighted by atomic mass is 14.7. The molecule has 3 aliphatic carbocycles. The maximum absolute atomic E-state index is 4.64. The van der Waals surface area contributed by atoms with Gasteiger partial charge in [0, 0.05) is 0 Å². The topological polar surface area (TPSA) is 0 Å². The summed E-state index contributed by atoms with van der Waals surface area (Å²) in [6.07, 6.45) is 20.9. The van der Waals surface area contributed by atoms with Crippen molar-refractivity contribution in [3.05, 3.63) is 70.4 Å². The Morgan fingerprint density at radius 2 is 1.62 bits per heavy atom. The fraction of sp³-hybridized carbons (Fsp3) is 0.700. The summed E-state index contributed by atoms with van der Waals surface area (Å²) in [5, 5.41) is 0. The first-order chi connectivity index (χ1) is 18.7. The Morgan fingerprint density at radius 1 is 0.975 bits per heavy atom. The third-order valence-electron chi connectivity index (χ3n) is 12.2. The second kappa shape index (κ2) is 13.2. The average Bonchev–Trinajstić information content (AvgIpc) is 3.72. The highest BCUT2D eigenvalue weighted by molar-refractivity contribution is 5.47. The van der Waals surface area contributed by atoms with Crippen LogP contribution in [-0.4, -0.2) is 0 Å². The van der Waals surface area contributed by atoms with E-state index >= 15 is 0 Å². The average molecular weight is 545 g/mol. The Balaban J connectivity index is 2.12. The van der Waals surface area contributed by atoms with Crippen LogP contribution < -0.4 is 0 Å². The van der Waals surface area contributed by atoms with Crippen molar-refractivity contribution in [1.29, 1.82) is 0 Å². The monoisotopic (exact) mass is 545 g/mol. The summed E-state index contributed by atoms with van der Waals surface area (Å²) in [5.74, 6) is 5.57. The molecule has 0 nitrogen and oxygen atoms in total. The lowest BCUT2D eigenvalue weighted by Gasteiger charge is -2.65. The van der Waals surface area contributed by atoms with Crippen LogP contribution in [0.3, 0.4) is 0 Å². The molecule has 0 aromatic rings. The quantitative estimate of drug-likeness (QED) is 0.240. The molecule has 3 fully saturated rings. The molecule has 0 aliphatic heterocycles. The lowest BCUT2D eigenvalue weighted by Crippen LogP contribution is -2.59. The lowest BCUT2D eigenvalue weighted by atomic mass is 9.39. The predicted molar refractivity (Wildman–Crippen MR) is 179 cm³/mol. The van der Waals surface area contributed by atoms with Crippen molar-refractivity contribution in [2.75, 3.05) is 0 Å². The van der Waals surface area contributed by atoms with E-state index < -0.39 is 0 Å². The van der Waals surface area contributed by atoms with E-state index in [9.17, 15) is 0 Å². The van der Waals surface area contributed by atoms with Gasteiger partial charge in [-0.2, -0.15) is 0 Å². The minimum absolute atomic E-state index is 0.341. The Morgan fingerprint density at radius 3 is 2.15 bits per heavy atom. The fourth-order valence-electron chi connectivity index (χ4n) is 9.72. The van der Waals surface area contributed by atoms with Crippen molar-refractivity contribution in [3.63, 3.8) is 0 Å². The van der Waals surface area contributed by atoms with Crippen LogP contribution in [0.1, 0.15) is 128 Å². The highest BCUT2D eigenvalue weighted by Crippen LogP contribution is 2.69. The summed E-state index contributed by atoms with van der Waals surface area (Å²) >= 11 is 0. The highest BCUT2D eigenvalue weighted by Gasteiger charge is 2.62. The summed E-state index contributed by atoms with van der Waals surface area (Å²) < 4.78 is 0. The van der Waals surface area contributed by atoms with Crippen LogP contribution in [0.4, 0.5) is 0 Å². The van der Waals surface area contributed by atoms with Gasteiger partial charge in [-0.1, -0.05) is 96.6 Å². The van der Waals surface area contributed by atoms with Crippen molar-refractivity contribution in [3.8, 4) is 0 Å². The van der Waals surface area contributed by atoms with Gasteiger partial charge in [-0.25, -0.2) is 0 Å². The molecule has 0 aromatic carbocycles. The van der Waals surface area contributed by atoms with Gasteiger partial charge in [0.25, 0.3) is 0 Å². The molecule has 40 heavy (non-hydrogen) atoms. The molecule has 3 rings (SSSR count). The van der Waals surface area contributed by atoms with Crippen molar-refractivity contribution < 1.29 is 0 Å². The molecule has 3 aliphatic rings. The fourth-order valence-corrected chi connectivity index (χ4v) is 9.72. The molecule has 3 saturated carbocycles. The van der Waals surface area contributed by atoms with E-state index in [1.165, 1.54) is 66.4 Å². The van der Waals surface area contributed by atoms with Crippen LogP contribution >= 0.6 is 0 Å². The van der Waals surface area contributed by atoms with Crippen LogP contribution in [0, 0.1) is 52.3 Å². The van der Waals surface area contributed by atoms with Gasteiger partial charge < -0.3 is 0 Å². The van der Waals surface area contributed by atoms with Crippen LogP contribution in [-0.2, 0) is 0 Å². The first-order valence-corrected chi connectivity index (χ1v) is 16.8. The minimum atomic E-state index is 0.341. The number of fused-ring (bicyclic) bond motifs is 1. The van der Waals surface area contributed by atoms with Crippen molar-refractivity contribution in [2.45, 2.75) is 128 Å². The summed E-state index contributed by atoms with van der Waals surface area (Å²) in [7, 11) is 0. The zero-order valence-electron chi connectivity index (χ0n) is 28.6. The van der Waals surface area contributed by atoms with Gasteiger partial charge in [-0.15, -0.1) is 0 Å². The standard InChI is InChI=1S/C40H64/c1-14-27(6)18-17-19-32(15-2)29(8)24-30(9)37(26(4)5)34(16-3)38-39(11,12)36(33-20-21-33)25-35-31(10)28(7)22-23-40(35,38)13/h15,17-19,24,28,31,33-36,38H,4,14,16,20-23,25H2,1-3,5-13H3. The van der Waals surface area contributed by atoms with Gasteiger partial charge in [-0.3, -0.25) is 0 Å². The molecule has 0 N–H and O–H groups in total. The number of rotatable bonds is 10. The minimum Gasteiger partial charge on any atom is -0.0958 e. The summed E-state index contributed by atoms with van der Waals surface area (Å²) in [6.45, 7) is 33.8. The summed E-state index contributed by atoms with van der Waals surface area (Å²) in [6, 6.07) is 0. The molecular weight excluding hydrogens is 480 g/mol. The Bertz CT molecular complexity index is 1060. The van der Waals surface area contributed by atoms with E-state index in [1.54, 1.807) is 5.57 Å². The second-order valence-corrected chi connectivity index (χ2v) is 15.2. The smallest absolute Gasteiger partial charge is 0.0121 e. The summed E-state index contributed by atoms with van der Waals surface area (Å²) in [4.78, 5) is 0. The third kappa shape index (κ3) is 6.57. The first kappa shape index (κ1) is 32.9. The molecule has 224 valence electrons. The van der Waals surface area contributed by atoms with Crippen molar-refractivity contribution in [2.24, 2.45) is 52.3 Å². The van der Waals surface area contributed by atoms with Crippen LogP contribution in [0.25, 0.3) is 0 Å². The van der Waals surface area contributed by atoms with Gasteiger partial charge >= 0.3 is 0 Å². The van der Waals surface area contributed by atoms with E-state index in [0.29, 0.717) is 22.7 Å². The van der Waals surface area contributed by atoms with Crippen LogP contribution in [0.5, 0.6) is 0 Å². The van der Waals surface area contributed by atoms with Gasteiger partial charge in [0.2, 0.25) is 0 Å². The molecule has 0 spiro atoms. The molecule has 0 heterocycles. The first-order valence-electron chi connectivity index (χ1n) is 16.8. The largest absolute Gasteiger partial charge is 0.0958 e. The molecule has 7 unspecified atom stereocenters. The molecule has 0 saturated heterocycles. The van der Waals surface area contributed by atoms with E-state index in [-0.39, 0.29) is 0 Å². The molecule has 0 radical (unpaired) electrons. The van der Waals surface area contributed by atoms with E-state index in [2.05, 4.69) is 120 Å². The Labute approximate surface area is 250 Å². The number of allylic oxidation sites excluding steroid dienone is 11. The molecule has 0 amide bonds. The van der Waals surface area contributed by atoms with Crippen LogP contribution in [0.2, 0.25) is 0 Å². The van der Waals surface area contributed by atoms with Gasteiger partial charge in [0.1, 0.15) is 0 Å². The molecular formula is C40H64. The summed E-state index contributed by atoms with van der Waals surface area (Å²) in [5.41, 5.74) is 9.04. The predicted octanol–water partition coefficient (Wildman–Crippen LogP) is 12.5. The van der Waals surface area contributed by atoms with Crippen molar-refractivity contribution >= 4 is 0 Å². The van der Waals surface area contributed by atoms with Gasteiger partial charge in [0.15, 0.2) is 0 Å². The SMILES string of the molecule is C=C(C)C(=C(C)C=C(C)C(C=CC=C(C)CC)=CC)C(CC)C1C(C)(C)C(C2CC2)CC2C(C)C(C)CCC21C. The maximum atomic E-state index is 4.64. The zero-order valence-corrected chi connectivity index (χ0v) is 28.6. The molecule has 7 atom stereocenters. The van der Waals surface area contributed by atoms with Gasteiger partial charge in [0.05, 0.1) is 0 Å². The maximum Gasteiger partial charge on any atom is -0.0121 e. The Hall–Kier alpha value is -1.56. The lowest BCUT2D eigenvalue weighted by molar-refractivity contribution is -0.158. The van der Waals surface area contributed by atoms with E-state index in [4.69, 9.17) is 0 Å². The zero-order chi connectivity index (χ0) is 30.0. The number of hydrogen-bond acceptors (Lipinski definition) is 0. The number of hydrogen-bond donors (Lipinski definition) is 0. The third-order valence-corrected chi connectivity index (χ3v) is 12.2. The Kier molecular flexibility index (Phi) is 10.8. The van der Waals surface area contributed by atoms with Crippen LogP contribution in [0.15, 0.2) is 70.4 Å². The normalized spacial score (nSPS) is 34.9. The molecule has 0 bridgehead atoms. The van der Waals surface area contributed by atoms with Gasteiger partial charge in [-0.05, 0) is 154 Å². The molecule has 0 aromatic heterocycles. The second-order valence-electron chi connectivity index (χ2n) is 15.2. The molecule has 0 heteroatoms. The van der Waals surface area contributed by atoms with E-state index in [0.717, 1.165) is 36.0 Å². The van der Waals surface area contributed by atoms with Crippen molar-refractivity contribution in [1.82, 2.24) is 0 Å².